The second kappa shape index (κ2) is 9.88. The Morgan fingerprint density at radius 3 is 2.46 bits per heavy atom. The summed E-state index contributed by atoms with van der Waals surface area (Å²) in [6.45, 7) is 2.93. The highest BCUT2D eigenvalue weighted by atomic mass is 32.2. The summed E-state index contributed by atoms with van der Waals surface area (Å²) in [5.41, 5.74) is 3.45. The van der Waals surface area contributed by atoms with E-state index >= 15 is 0 Å². The van der Waals surface area contributed by atoms with Gasteiger partial charge in [-0.25, -0.2) is 0 Å². The van der Waals surface area contributed by atoms with Gasteiger partial charge in [-0.2, -0.15) is 0 Å². The van der Waals surface area contributed by atoms with Crippen molar-refractivity contribution in [2.75, 3.05) is 50.1 Å². The molecule has 35 heavy (non-hydrogen) atoms. The Labute approximate surface area is 209 Å². The number of ether oxygens (including phenoxy) is 1. The van der Waals surface area contributed by atoms with Crippen LogP contribution < -0.4 is 14.5 Å². The van der Waals surface area contributed by atoms with Gasteiger partial charge in [0.05, 0.1) is 17.7 Å². The SMILES string of the molecule is COc1cccc(C=C2Sc3ccc(C(=O)N4CCN(c5ccccc5)CC4)cc3N(C)C2=O)c1. The Morgan fingerprint density at radius 2 is 1.71 bits per heavy atom. The van der Waals surface area contributed by atoms with E-state index in [9.17, 15) is 9.59 Å². The fourth-order valence-electron chi connectivity index (χ4n) is 4.40. The monoisotopic (exact) mass is 485 g/mol. The van der Waals surface area contributed by atoms with Crippen molar-refractivity contribution < 1.29 is 14.3 Å². The van der Waals surface area contributed by atoms with Crippen molar-refractivity contribution in [1.82, 2.24) is 4.90 Å². The molecule has 7 heteroatoms. The number of para-hydroxylation sites is 1. The van der Waals surface area contributed by atoms with Gasteiger partial charge >= 0.3 is 0 Å². The molecule has 2 heterocycles. The molecule has 0 aromatic heterocycles. The van der Waals surface area contributed by atoms with E-state index in [0.717, 1.165) is 35.0 Å². The summed E-state index contributed by atoms with van der Waals surface area (Å²) in [6, 6.07) is 23.5. The fourth-order valence-corrected chi connectivity index (χ4v) is 5.49. The van der Waals surface area contributed by atoms with Crippen molar-refractivity contribution in [2.24, 2.45) is 0 Å². The van der Waals surface area contributed by atoms with Gasteiger partial charge in [0.15, 0.2) is 0 Å². The number of anilines is 2. The van der Waals surface area contributed by atoms with E-state index in [0.29, 0.717) is 23.6 Å². The van der Waals surface area contributed by atoms with Crippen LogP contribution in [0.15, 0.2) is 82.6 Å². The van der Waals surface area contributed by atoms with Crippen LogP contribution in [0, 0.1) is 0 Å². The molecule has 2 aliphatic rings. The second-order valence-corrected chi connectivity index (χ2v) is 9.63. The molecule has 178 valence electrons. The Hall–Kier alpha value is -3.71. The molecule has 6 nitrogen and oxygen atoms in total. The van der Waals surface area contributed by atoms with Crippen molar-refractivity contribution in [2.45, 2.75) is 4.90 Å². The van der Waals surface area contributed by atoms with E-state index in [2.05, 4.69) is 17.0 Å². The summed E-state index contributed by atoms with van der Waals surface area (Å²) < 4.78 is 5.29. The topological polar surface area (TPSA) is 53.1 Å². The summed E-state index contributed by atoms with van der Waals surface area (Å²) in [5.74, 6) is 0.657. The highest BCUT2D eigenvalue weighted by Gasteiger charge is 2.29. The lowest BCUT2D eigenvalue weighted by Crippen LogP contribution is -2.48. The summed E-state index contributed by atoms with van der Waals surface area (Å²) in [5, 5.41) is 0. The van der Waals surface area contributed by atoms with Gasteiger partial charge in [-0.1, -0.05) is 42.1 Å². The maximum Gasteiger partial charge on any atom is 0.264 e. The number of piperazine rings is 1. The van der Waals surface area contributed by atoms with Gasteiger partial charge in [-0.3, -0.25) is 9.59 Å². The first kappa shape index (κ1) is 23.1. The van der Waals surface area contributed by atoms with Crippen molar-refractivity contribution in [3.63, 3.8) is 0 Å². The molecule has 3 aromatic carbocycles. The van der Waals surface area contributed by atoms with Gasteiger partial charge in [0, 0.05) is 49.4 Å². The average Bonchev–Trinajstić information content (AvgIpc) is 2.92. The van der Waals surface area contributed by atoms with Gasteiger partial charge in [0.2, 0.25) is 0 Å². The minimum atomic E-state index is -0.0913. The summed E-state index contributed by atoms with van der Waals surface area (Å²) >= 11 is 1.43. The first-order valence-electron chi connectivity index (χ1n) is 11.6. The summed E-state index contributed by atoms with van der Waals surface area (Å²) in [7, 11) is 3.38. The predicted molar refractivity (Wildman–Crippen MR) is 141 cm³/mol. The normalized spacial score (nSPS) is 16.9. The quantitative estimate of drug-likeness (QED) is 0.499. The first-order valence-corrected chi connectivity index (χ1v) is 12.4. The number of likely N-dealkylation sites (N-methyl/N-ethyl adjacent to an activating group) is 1. The largest absolute Gasteiger partial charge is 0.497 e. The van der Waals surface area contributed by atoms with Gasteiger partial charge in [0.1, 0.15) is 5.75 Å². The Morgan fingerprint density at radius 1 is 0.943 bits per heavy atom. The third kappa shape index (κ3) is 4.77. The maximum atomic E-state index is 13.3. The van der Waals surface area contributed by atoms with E-state index in [4.69, 9.17) is 4.74 Å². The molecule has 0 bridgehead atoms. The maximum absolute atomic E-state index is 13.3. The van der Waals surface area contributed by atoms with E-state index in [-0.39, 0.29) is 11.8 Å². The lowest BCUT2D eigenvalue weighted by Gasteiger charge is -2.36. The standard InChI is InChI=1S/C28H27N3O3S/c1-29-24-19-21(27(32)31-15-13-30(14-16-31)22-8-4-3-5-9-22)11-12-25(24)35-26(28(29)33)18-20-7-6-10-23(17-20)34-2/h3-12,17-19H,13-16H2,1-2H3. The Kier molecular flexibility index (Phi) is 6.51. The number of methoxy groups -OCH3 is 1. The van der Waals surface area contributed by atoms with Crippen LogP contribution in [0.4, 0.5) is 11.4 Å². The molecule has 5 rings (SSSR count). The first-order chi connectivity index (χ1) is 17.0. The minimum absolute atomic E-state index is 0.00378. The lowest BCUT2D eigenvalue weighted by molar-refractivity contribution is -0.114. The minimum Gasteiger partial charge on any atom is -0.497 e. The highest BCUT2D eigenvalue weighted by Crippen LogP contribution is 2.42. The smallest absolute Gasteiger partial charge is 0.264 e. The zero-order valence-electron chi connectivity index (χ0n) is 19.8. The van der Waals surface area contributed by atoms with Crippen LogP contribution in [0.2, 0.25) is 0 Å². The summed E-state index contributed by atoms with van der Waals surface area (Å²) in [4.78, 5) is 33.8. The Balaban J connectivity index is 1.31. The van der Waals surface area contributed by atoms with Crippen LogP contribution in [0.3, 0.4) is 0 Å². The molecule has 0 atom stereocenters. The average molecular weight is 486 g/mol. The molecule has 0 radical (unpaired) electrons. The van der Waals surface area contributed by atoms with Gasteiger partial charge in [0.25, 0.3) is 11.8 Å². The number of hydrogen-bond donors (Lipinski definition) is 0. The van der Waals surface area contributed by atoms with E-state index < -0.39 is 0 Å². The molecule has 2 aliphatic heterocycles. The van der Waals surface area contributed by atoms with Crippen molar-refractivity contribution >= 4 is 41.0 Å². The van der Waals surface area contributed by atoms with Crippen molar-refractivity contribution in [1.29, 1.82) is 0 Å². The number of nitrogens with zero attached hydrogens (tertiary/aromatic N) is 3. The molecule has 1 fully saturated rings. The zero-order valence-corrected chi connectivity index (χ0v) is 20.6. The number of benzene rings is 3. The zero-order chi connectivity index (χ0) is 24.4. The highest BCUT2D eigenvalue weighted by molar-refractivity contribution is 8.04. The van der Waals surface area contributed by atoms with Crippen LogP contribution in [-0.4, -0.2) is 57.1 Å². The molecule has 0 N–H and O–H groups in total. The molecule has 1 saturated heterocycles. The van der Waals surface area contributed by atoms with Gasteiger partial charge in [-0.05, 0) is 54.1 Å². The number of rotatable bonds is 4. The molecule has 0 spiro atoms. The van der Waals surface area contributed by atoms with Gasteiger partial charge in [-0.15, -0.1) is 0 Å². The van der Waals surface area contributed by atoms with Crippen molar-refractivity contribution in [3.05, 3.63) is 88.8 Å². The van der Waals surface area contributed by atoms with Crippen LogP contribution in [0.25, 0.3) is 6.08 Å². The number of fused-ring (bicyclic) bond motifs is 1. The third-order valence-corrected chi connectivity index (χ3v) is 7.46. The lowest BCUT2D eigenvalue weighted by atomic mass is 10.1. The van der Waals surface area contributed by atoms with E-state index in [1.165, 1.54) is 17.4 Å². The predicted octanol–water partition coefficient (Wildman–Crippen LogP) is 4.77. The second-order valence-electron chi connectivity index (χ2n) is 8.55. The Bertz CT molecular complexity index is 1280. The molecule has 0 aliphatic carbocycles. The molecule has 3 aromatic rings. The van der Waals surface area contributed by atoms with Crippen LogP contribution in [0.5, 0.6) is 5.75 Å². The summed E-state index contributed by atoms with van der Waals surface area (Å²) in [6.07, 6.45) is 1.88. The number of carbonyl (C=O) groups excluding carboxylic acids is 2. The number of amides is 2. The number of carbonyl (C=O) groups is 2. The number of hydrogen-bond acceptors (Lipinski definition) is 5. The van der Waals surface area contributed by atoms with E-state index in [1.54, 1.807) is 19.1 Å². The molecular weight excluding hydrogens is 458 g/mol. The molecule has 0 unspecified atom stereocenters. The van der Waals surface area contributed by atoms with Crippen LogP contribution >= 0.6 is 11.8 Å². The van der Waals surface area contributed by atoms with Crippen LogP contribution in [0.1, 0.15) is 15.9 Å². The van der Waals surface area contributed by atoms with Crippen LogP contribution in [-0.2, 0) is 4.79 Å². The number of thioether (sulfide) groups is 1. The molecule has 2 amide bonds. The fraction of sp³-hybridized carbons (Fsp3) is 0.214. The van der Waals surface area contributed by atoms with E-state index in [1.807, 2.05) is 71.6 Å². The molecular formula is C28H27N3O3S. The van der Waals surface area contributed by atoms with Crippen molar-refractivity contribution in [3.8, 4) is 5.75 Å². The van der Waals surface area contributed by atoms with Gasteiger partial charge < -0.3 is 19.4 Å². The third-order valence-electron chi connectivity index (χ3n) is 6.38. The molecule has 0 saturated carbocycles.